The van der Waals surface area contributed by atoms with Crippen molar-refractivity contribution in [3.8, 4) is 11.5 Å². The van der Waals surface area contributed by atoms with E-state index in [4.69, 9.17) is 9.47 Å². The number of carbonyl (C=O) groups is 2. The first-order chi connectivity index (χ1) is 15.9. The van der Waals surface area contributed by atoms with Crippen LogP contribution >= 0.6 is 11.3 Å². The lowest BCUT2D eigenvalue weighted by atomic mass is 9.98. The number of nitrogens with zero attached hydrogens (tertiary/aromatic N) is 1. The van der Waals surface area contributed by atoms with Crippen LogP contribution in [-0.4, -0.2) is 51.3 Å². The molecule has 0 bridgehead atoms. The molecule has 2 N–H and O–H groups in total. The summed E-state index contributed by atoms with van der Waals surface area (Å²) in [6.07, 6.45) is 2.68. The topological polar surface area (TPSA) is 114 Å². The molecule has 0 aliphatic carbocycles. The lowest BCUT2D eigenvalue weighted by Gasteiger charge is -2.30. The number of methoxy groups -OCH3 is 1. The Morgan fingerprint density at radius 3 is 2.55 bits per heavy atom. The second-order valence-corrected chi connectivity index (χ2v) is 10.7. The Labute approximate surface area is 198 Å². The highest BCUT2D eigenvalue weighted by atomic mass is 32.2. The number of ether oxygens (including phenoxy) is 2. The summed E-state index contributed by atoms with van der Waals surface area (Å²) in [7, 11) is -2.02. The van der Waals surface area contributed by atoms with Crippen molar-refractivity contribution in [1.82, 2.24) is 15.2 Å². The summed E-state index contributed by atoms with van der Waals surface area (Å²) >= 11 is 1.17. The number of sulfonamides is 1. The summed E-state index contributed by atoms with van der Waals surface area (Å²) in [5, 5.41) is 1.72. The summed E-state index contributed by atoms with van der Waals surface area (Å²) in [6, 6.07) is 8.08. The molecule has 0 spiro atoms. The van der Waals surface area contributed by atoms with E-state index in [1.54, 1.807) is 35.7 Å². The second kappa shape index (κ2) is 11.5. The van der Waals surface area contributed by atoms with Gasteiger partial charge in [-0.3, -0.25) is 20.4 Å². The fourth-order valence-electron chi connectivity index (χ4n) is 3.44. The van der Waals surface area contributed by atoms with Gasteiger partial charge in [0.2, 0.25) is 5.91 Å². The van der Waals surface area contributed by atoms with E-state index >= 15 is 0 Å². The normalized spacial score (nSPS) is 15.1. The van der Waals surface area contributed by atoms with Crippen molar-refractivity contribution in [2.45, 2.75) is 36.8 Å². The maximum atomic E-state index is 12.6. The van der Waals surface area contributed by atoms with Gasteiger partial charge in [-0.2, -0.15) is 4.31 Å². The van der Waals surface area contributed by atoms with Crippen molar-refractivity contribution in [2.24, 2.45) is 5.92 Å². The molecule has 2 aromatic rings. The number of unbranched alkanes of at least 4 members (excludes halogenated alkanes) is 1. The van der Waals surface area contributed by atoms with Crippen molar-refractivity contribution >= 4 is 33.2 Å². The molecule has 1 aromatic carbocycles. The Bertz CT molecular complexity index is 1050. The summed E-state index contributed by atoms with van der Waals surface area (Å²) in [6.45, 7) is 3.13. The molecule has 0 saturated carbocycles. The van der Waals surface area contributed by atoms with Gasteiger partial charge in [-0.05, 0) is 48.9 Å². The van der Waals surface area contributed by atoms with Crippen LogP contribution in [0.5, 0.6) is 11.5 Å². The third-order valence-corrected chi connectivity index (χ3v) is 8.67. The fourth-order valence-corrected chi connectivity index (χ4v) is 6.06. The largest absolute Gasteiger partial charge is 0.493 e. The highest BCUT2D eigenvalue weighted by molar-refractivity contribution is 7.91. The van der Waals surface area contributed by atoms with Gasteiger partial charge in [0.25, 0.3) is 15.9 Å². The van der Waals surface area contributed by atoms with Gasteiger partial charge in [0.1, 0.15) is 4.21 Å². The molecule has 180 valence electrons. The highest BCUT2D eigenvalue weighted by Crippen LogP contribution is 2.29. The number of benzene rings is 1. The molecule has 0 radical (unpaired) electrons. The molecule has 33 heavy (non-hydrogen) atoms. The van der Waals surface area contributed by atoms with Crippen molar-refractivity contribution in [3.05, 3.63) is 41.3 Å². The van der Waals surface area contributed by atoms with Gasteiger partial charge in [-0.25, -0.2) is 8.42 Å². The van der Waals surface area contributed by atoms with Crippen LogP contribution in [0.3, 0.4) is 0 Å². The van der Waals surface area contributed by atoms with E-state index in [9.17, 15) is 18.0 Å². The number of nitrogens with one attached hydrogen (secondary N) is 2. The predicted octanol–water partition coefficient (Wildman–Crippen LogP) is 2.80. The molecule has 11 heteroatoms. The van der Waals surface area contributed by atoms with Gasteiger partial charge in [0.15, 0.2) is 11.5 Å². The van der Waals surface area contributed by atoms with Crippen LogP contribution in [0.1, 0.15) is 43.0 Å². The van der Waals surface area contributed by atoms with E-state index in [2.05, 4.69) is 17.8 Å². The quantitative estimate of drug-likeness (QED) is 0.409. The molecule has 0 atom stereocenters. The third-order valence-electron chi connectivity index (χ3n) is 5.39. The molecule has 3 rings (SSSR count). The van der Waals surface area contributed by atoms with Crippen LogP contribution in [-0.2, 0) is 14.8 Å². The first-order valence-electron chi connectivity index (χ1n) is 10.8. The number of hydrogen-bond donors (Lipinski definition) is 2. The van der Waals surface area contributed by atoms with Crippen molar-refractivity contribution in [3.63, 3.8) is 0 Å². The summed E-state index contributed by atoms with van der Waals surface area (Å²) in [5.74, 6) is -0.230. The monoisotopic (exact) mass is 495 g/mol. The van der Waals surface area contributed by atoms with Gasteiger partial charge in [-0.15, -0.1) is 11.3 Å². The van der Waals surface area contributed by atoms with Crippen LogP contribution in [0.2, 0.25) is 0 Å². The van der Waals surface area contributed by atoms with E-state index < -0.39 is 15.9 Å². The molecule has 1 saturated heterocycles. The number of hydrogen-bond acceptors (Lipinski definition) is 7. The zero-order chi connectivity index (χ0) is 23.8. The maximum Gasteiger partial charge on any atom is 0.269 e. The predicted molar refractivity (Wildman–Crippen MR) is 125 cm³/mol. The first kappa shape index (κ1) is 25.0. The van der Waals surface area contributed by atoms with E-state index in [-0.39, 0.29) is 24.9 Å². The van der Waals surface area contributed by atoms with Gasteiger partial charge in [0, 0.05) is 24.6 Å². The average Bonchev–Trinajstić information content (AvgIpc) is 3.39. The van der Waals surface area contributed by atoms with E-state index in [0.717, 1.165) is 12.8 Å². The standard InChI is InChI=1S/C22H29N3O6S2/c1-3-4-13-31-18-8-7-17(15-19(18)30-2)22(27)24-23-21(26)16-9-11-25(12-10-16)33(28,29)20-6-5-14-32-20/h5-8,14-16H,3-4,9-13H2,1-2H3,(H,23,26)(H,24,27). The Morgan fingerprint density at radius 2 is 1.91 bits per heavy atom. The molecule has 1 aliphatic heterocycles. The zero-order valence-corrected chi connectivity index (χ0v) is 20.3. The molecule has 2 heterocycles. The third kappa shape index (κ3) is 6.24. The first-order valence-corrected chi connectivity index (χ1v) is 13.1. The van der Waals surface area contributed by atoms with Gasteiger partial charge < -0.3 is 9.47 Å². The molecule has 0 unspecified atom stereocenters. The molecule has 1 aliphatic rings. The number of carbonyl (C=O) groups excluding carboxylic acids is 2. The number of piperidine rings is 1. The molecular weight excluding hydrogens is 466 g/mol. The summed E-state index contributed by atoms with van der Waals surface area (Å²) in [5.41, 5.74) is 5.18. The minimum atomic E-state index is -3.52. The van der Waals surface area contributed by atoms with Gasteiger partial charge >= 0.3 is 0 Å². The molecule has 2 amide bonds. The van der Waals surface area contributed by atoms with Gasteiger partial charge in [0.05, 0.1) is 13.7 Å². The lowest BCUT2D eigenvalue weighted by Crippen LogP contribution is -2.48. The molecule has 1 aromatic heterocycles. The van der Waals surface area contributed by atoms with Crippen molar-refractivity contribution in [2.75, 3.05) is 26.8 Å². The smallest absolute Gasteiger partial charge is 0.269 e. The number of hydrazine groups is 1. The summed E-state index contributed by atoms with van der Waals surface area (Å²) in [4.78, 5) is 25.0. The molecule has 1 fully saturated rings. The molecule has 9 nitrogen and oxygen atoms in total. The lowest BCUT2D eigenvalue weighted by molar-refractivity contribution is -0.126. The Balaban J connectivity index is 1.50. The Morgan fingerprint density at radius 1 is 1.15 bits per heavy atom. The number of rotatable bonds is 9. The number of thiophene rings is 1. The summed E-state index contributed by atoms with van der Waals surface area (Å²) < 4.78 is 37.9. The van der Waals surface area contributed by atoms with E-state index in [1.165, 1.54) is 22.8 Å². The Kier molecular flexibility index (Phi) is 8.70. The van der Waals surface area contributed by atoms with Gasteiger partial charge in [-0.1, -0.05) is 19.4 Å². The second-order valence-electron chi connectivity index (χ2n) is 7.62. The minimum absolute atomic E-state index is 0.253. The van der Waals surface area contributed by atoms with Crippen LogP contribution in [0.25, 0.3) is 0 Å². The van der Waals surface area contributed by atoms with E-state index in [0.29, 0.717) is 40.7 Å². The van der Waals surface area contributed by atoms with Crippen molar-refractivity contribution < 1.29 is 27.5 Å². The van der Waals surface area contributed by atoms with Crippen LogP contribution in [0, 0.1) is 5.92 Å². The van der Waals surface area contributed by atoms with Crippen LogP contribution in [0.15, 0.2) is 39.9 Å². The fraction of sp³-hybridized carbons (Fsp3) is 0.455. The van der Waals surface area contributed by atoms with Crippen LogP contribution in [0.4, 0.5) is 0 Å². The van der Waals surface area contributed by atoms with Crippen LogP contribution < -0.4 is 20.3 Å². The van der Waals surface area contributed by atoms with Crippen molar-refractivity contribution in [1.29, 1.82) is 0 Å². The Hall–Kier alpha value is -2.63. The molecular formula is C22H29N3O6S2. The SMILES string of the molecule is CCCCOc1ccc(C(=O)NNC(=O)C2CCN(S(=O)(=O)c3cccs3)CC2)cc1OC. The minimum Gasteiger partial charge on any atom is -0.493 e. The number of amides is 2. The maximum absolute atomic E-state index is 12.6. The van der Waals surface area contributed by atoms with E-state index in [1.807, 2.05) is 0 Å². The zero-order valence-electron chi connectivity index (χ0n) is 18.7. The highest BCUT2D eigenvalue weighted by Gasteiger charge is 2.32. The average molecular weight is 496 g/mol.